The van der Waals surface area contributed by atoms with Crippen LogP contribution in [0.15, 0.2) is 30.3 Å². The first-order valence-corrected chi connectivity index (χ1v) is 8.17. The van der Waals surface area contributed by atoms with Gasteiger partial charge in [-0.15, -0.1) is 10.2 Å². The van der Waals surface area contributed by atoms with Crippen LogP contribution in [0.2, 0.25) is 0 Å². The van der Waals surface area contributed by atoms with Gasteiger partial charge >= 0.3 is 0 Å². The van der Waals surface area contributed by atoms with Crippen LogP contribution in [0.3, 0.4) is 0 Å². The number of anilines is 2. The van der Waals surface area contributed by atoms with Crippen molar-refractivity contribution in [2.75, 3.05) is 19.0 Å². The number of fused-ring (bicyclic) bond motifs is 1. The van der Waals surface area contributed by atoms with Crippen LogP contribution < -0.4 is 14.8 Å². The Labute approximate surface area is 149 Å². The minimum Gasteiger partial charge on any atom is -0.493 e. The lowest BCUT2D eigenvalue weighted by Crippen LogP contribution is -2.02. The van der Waals surface area contributed by atoms with Crippen LogP contribution in [0.25, 0.3) is 10.9 Å². The second kappa shape index (κ2) is 7.90. The Kier molecular flexibility index (Phi) is 5.40. The molecule has 0 saturated heterocycles. The van der Waals surface area contributed by atoms with Gasteiger partial charge in [-0.05, 0) is 29.8 Å². The van der Waals surface area contributed by atoms with Crippen molar-refractivity contribution >= 4 is 22.4 Å². The normalized spacial score (nSPS) is 10.8. The quantitative estimate of drug-likeness (QED) is 0.636. The Balaban J connectivity index is 1.98. The molecule has 0 aliphatic heterocycles. The van der Waals surface area contributed by atoms with Crippen LogP contribution in [0.5, 0.6) is 11.5 Å². The smallest absolute Gasteiger partial charge is 0.164 e. The predicted octanol–water partition coefficient (Wildman–Crippen LogP) is 4.23. The molecule has 6 nitrogen and oxygen atoms in total. The molecule has 3 rings (SSSR count). The first-order valence-electron chi connectivity index (χ1n) is 8.17. The molecule has 0 atom stereocenters. The van der Waals surface area contributed by atoms with E-state index in [9.17, 15) is 8.78 Å². The summed E-state index contributed by atoms with van der Waals surface area (Å²) in [6, 6.07) is 6.53. The fourth-order valence-corrected chi connectivity index (χ4v) is 2.44. The summed E-state index contributed by atoms with van der Waals surface area (Å²) >= 11 is 0. The second-order valence-corrected chi connectivity index (χ2v) is 5.64. The molecule has 0 radical (unpaired) electrons. The number of hydrogen-bond acceptors (Lipinski definition) is 6. The van der Waals surface area contributed by atoms with Crippen molar-refractivity contribution in [3.8, 4) is 11.5 Å². The largest absolute Gasteiger partial charge is 0.493 e. The summed E-state index contributed by atoms with van der Waals surface area (Å²) in [6.07, 6.45) is 1.93. The molecule has 0 amide bonds. The van der Waals surface area contributed by atoms with E-state index in [4.69, 9.17) is 9.47 Å². The maximum Gasteiger partial charge on any atom is 0.164 e. The molecule has 0 saturated carbocycles. The van der Waals surface area contributed by atoms with Crippen molar-refractivity contribution in [3.63, 3.8) is 0 Å². The number of halogens is 2. The zero-order valence-electron chi connectivity index (χ0n) is 14.4. The Bertz CT molecular complexity index is 901. The molecule has 1 heterocycles. The third kappa shape index (κ3) is 3.96. The minimum atomic E-state index is -0.692. The Morgan fingerprint density at radius 1 is 1.00 bits per heavy atom. The number of methoxy groups -OCH3 is 1. The van der Waals surface area contributed by atoms with Crippen molar-refractivity contribution in [2.24, 2.45) is 0 Å². The molecule has 0 aliphatic carbocycles. The summed E-state index contributed by atoms with van der Waals surface area (Å²) in [7, 11) is 1.53. The standard InChI is InChI=1S/C18H18F2N4O2/c1-3-4-5-26-17-10-15-14(9-16(17)25-2)18(23-24-22-15)21-13-7-11(19)6-12(20)8-13/h6-10H,3-5H2,1-2H3,(H,21,22,23). The van der Waals surface area contributed by atoms with E-state index < -0.39 is 11.6 Å². The monoisotopic (exact) mass is 360 g/mol. The van der Waals surface area contributed by atoms with Gasteiger partial charge in [0, 0.05) is 17.8 Å². The van der Waals surface area contributed by atoms with Gasteiger partial charge in [0.15, 0.2) is 17.3 Å². The molecule has 2 aromatic carbocycles. The summed E-state index contributed by atoms with van der Waals surface area (Å²) in [6.45, 7) is 2.63. The molecule has 0 unspecified atom stereocenters. The van der Waals surface area contributed by atoms with Crippen molar-refractivity contribution in [3.05, 3.63) is 42.0 Å². The lowest BCUT2D eigenvalue weighted by molar-refractivity contribution is 0.289. The highest BCUT2D eigenvalue weighted by Crippen LogP contribution is 2.34. The van der Waals surface area contributed by atoms with Crippen LogP contribution in [0.1, 0.15) is 19.8 Å². The molecule has 136 valence electrons. The van der Waals surface area contributed by atoms with Crippen molar-refractivity contribution in [1.82, 2.24) is 15.4 Å². The Hall–Kier alpha value is -3.03. The molecular formula is C18H18F2N4O2. The van der Waals surface area contributed by atoms with Gasteiger partial charge in [0.25, 0.3) is 0 Å². The molecular weight excluding hydrogens is 342 g/mol. The SMILES string of the molecule is CCCCOc1cc2nnnc(Nc3cc(F)cc(F)c3)c2cc1OC. The van der Waals surface area contributed by atoms with Gasteiger partial charge in [-0.25, -0.2) is 8.78 Å². The van der Waals surface area contributed by atoms with E-state index in [1.54, 1.807) is 12.1 Å². The molecule has 1 aromatic heterocycles. The molecule has 26 heavy (non-hydrogen) atoms. The number of unbranched alkanes of at least 4 members (excludes halogenated alkanes) is 1. The van der Waals surface area contributed by atoms with Crippen molar-refractivity contribution < 1.29 is 18.3 Å². The van der Waals surface area contributed by atoms with Crippen molar-refractivity contribution in [1.29, 1.82) is 0 Å². The van der Waals surface area contributed by atoms with Gasteiger partial charge < -0.3 is 14.8 Å². The van der Waals surface area contributed by atoms with Crippen LogP contribution in [0.4, 0.5) is 20.3 Å². The number of benzene rings is 2. The predicted molar refractivity (Wildman–Crippen MR) is 93.9 cm³/mol. The van der Waals surface area contributed by atoms with E-state index in [1.807, 2.05) is 0 Å². The number of nitrogens with one attached hydrogen (secondary N) is 1. The highest BCUT2D eigenvalue weighted by Gasteiger charge is 2.13. The van der Waals surface area contributed by atoms with Crippen LogP contribution in [-0.4, -0.2) is 29.1 Å². The summed E-state index contributed by atoms with van der Waals surface area (Å²) in [5.74, 6) is -0.0157. The highest BCUT2D eigenvalue weighted by molar-refractivity contribution is 5.92. The van der Waals surface area contributed by atoms with E-state index >= 15 is 0 Å². The van der Waals surface area contributed by atoms with Crippen LogP contribution in [0, 0.1) is 11.6 Å². The third-order valence-corrected chi connectivity index (χ3v) is 3.72. The van der Waals surface area contributed by atoms with Gasteiger partial charge in [0.2, 0.25) is 0 Å². The van der Waals surface area contributed by atoms with Crippen molar-refractivity contribution in [2.45, 2.75) is 19.8 Å². The van der Waals surface area contributed by atoms with E-state index in [-0.39, 0.29) is 5.69 Å². The first-order chi connectivity index (χ1) is 12.6. The summed E-state index contributed by atoms with van der Waals surface area (Å²) in [5, 5.41) is 15.1. The van der Waals surface area contributed by atoms with E-state index in [2.05, 4.69) is 27.7 Å². The lowest BCUT2D eigenvalue weighted by Gasteiger charge is -2.13. The topological polar surface area (TPSA) is 69.2 Å². The lowest BCUT2D eigenvalue weighted by atomic mass is 10.2. The summed E-state index contributed by atoms with van der Waals surface area (Å²) in [4.78, 5) is 0. The van der Waals surface area contributed by atoms with Gasteiger partial charge in [-0.1, -0.05) is 13.3 Å². The average Bonchev–Trinajstić information content (AvgIpc) is 2.61. The van der Waals surface area contributed by atoms with Gasteiger partial charge in [0.1, 0.15) is 17.2 Å². The maximum absolute atomic E-state index is 13.4. The molecule has 3 aromatic rings. The minimum absolute atomic E-state index is 0.214. The van der Waals surface area contributed by atoms with Gasteiger partial charge in [-0.2, -0.15) is 0 Å². The highest BCUT2D eigenvalue weighted by atomic mass is 19.1. The summed E-state index contributed by atoms with van der Waals surface area (Å²) < 4.78 is 37.9. The second-order valence-electron chi connectivity index (χ2n) is 5.64. The fourth-order valence-electron chi connectivity index (χ4n) is 2.44. The molecule has 8 heteroatoms. The maximum atomic E-state index is 13.4. The molecule has 0 fully saturated rings. The molecule has 1 N–H and O–H groups in total. The third-order valence-electron chi connectivity index (χ3n) is 3.72. The number of nitrogens with zero attached hydrogens (tertiary/aromatic N) is 3. The number of ether oxygens (including phenoxy) is 2. The fraction of sp³-hybridized carbons (Fsp3) is 0.278. The number of rotatable bonds is 7. The molecule has 0 bridgehead atoms. The van der Waals surface area contributed by atoms with E-state index in [0.29, 0.717) is 34.8 Å². The molecule has 0 spiro atoms. The number of hydrogen-bond donors (Lipinski definition) is 1. The van der Waals surface area contributed by atoms with E-state index in [1.165, 1.54) is 7.11 Å². The zero-order valence-corrected chi connectivity index (χ0v) is 14.4. The first kappa shape index (κ1) is 17.8. The summed E-state index contributed by atoms with van der Waals surface area (Å²) in [5.41, 5.74) is 0.734. The van der Waals surface area contributed by atoms with Crippen LogP contribution in [-0.2, 0) is 0 Å². The van der Waals surface area contributed by atoms with Gasteiger partial charge in [-0.3, -0.25) is 0 Å². The molecule has 0 aliphatic rings. The number of aromatic nitrogens is 3. The zero-order chi connectivity index (χ0) is 18.5. The Morgan fingerprint density at radius 3 is 2.46 bits per heavy atom. The average molecular weight is 360 g/mol. The van der Waals surface area contributed by atoms with Crippen LogP contribution >= 0.6 is 0 Å². The van der Waals surface area contributed by atoms with Gasteiger partial charge in [0.05, 0.1) is 19.1 Å². The van der Waals surface area contributed by atoms with E-state index in [0.717, 1.165) is 31.0 Å². The Morgan fingerprint density at radius 2 is 1.77 bits per heavy atom.